The lowest BCUT2D eigenvalue weighted by molar-refractivity contribution is -0.292. The van der Waals surface area contributed by atoms with E-state index in [4.69, 9.17) is 58.8 Å². The fraction of sp³-hybridized carbons (Fsp3) is 0.738. The molecule has 10 fully saturated rings. The number of benzene rings is 1. The molecule has 10 saturated heterocycles. The van der Waals surface area contributed by atoms with E-state index in [1.165, 1.54) is 13.8 Å². The van der Waals surface area contributed by atoms with E-state index in [0.29, 0.717) is 43.2 Å². The fourth-order valence-electron chi connectivity index (χ4n) is 14.2. The van der Waals surface area contributed by atoms with Crippen molar-refractivity contribution in [3.05, 3.63) is 59.7 Å². The molecule has 0 aromatic heterocycles. The van der Waals surface area contributed by atoms with Gasteiger partial charge in [0.1, 0.15) is 48.7 Å². The van der Waals surface area contributed by atoms with Crippen molar-refractivity contribution in [3.8, 4) is 0 Å². The highest BCUT2D eigenvalue weighted by Crippen LogP contribution is 2.54. The number of esters is 1. The van der Waals surface area contributed by atoms with Crippen molar-refractivity contribution >= 4 is 35.1 Å². The van der Waals surface area contributed by atoms with Gasteiger partial charge in [-0.15, -0.1) is 0 Å². The van der Waals surface area contributed by atoms with Gasteiger partial charge in [-0.05, 0) is 86.5 Å². The van der Waals surface area contributed by atoms with Crippen LogP contribution in [-0.2, 0) is 89.2 Å². The lowest BCUT2D eigenvalue weighted by atomic mass is 9.81. The van der Waals surface area contributed by atoms with Crippen LogP contribution in [0.3, 0.4) is 0 Å². The summed E-state index contributed by atoms with van der Waals surface area (Å²) < 4.78 is 66.3. The monoisotopic (exact) mass is 1130 g/mol. The summed E-state index contributed by atoms with van der Waals surface area (Å²) in [4.78, 5) is 77.6. The Labute approximate surface area is 474 Å². The van der Waals surface area contributed by atoms with E-state index in [9.17, 15) is 33.9 Å². The van der Waals surface area contributed by atoms with E-state index in [1.54, 1.807) is 31.4 Å². The average molecular weight is 1130 g/mol. The quantitative estimate of drug-likeness (QED) is 0.117. The zero-order valence-electron chi connectivity index (χ0n) is 47.4. The Hall–Kier alpha value is -4.32. The molecule has 81 heavy (non-hydrogen) atoms. The van der Waals surface area contributed by atoms with Crippen LogP contribution in [0.2, 0.25) is 0 Å². The number of ketones is 3. The van der Waals surface area contributed by atoms with Crippen molar-refractivity contribution in [2.45, 2.75) is 258 Å². The summed E-state index contributed by atoms with van der Waals surface area (Å²) in [5.41, 5.74) is 14.3. The van der Waals surface area contributed by atoms with Gasteiger partial charge in [0.15, 0.2) is 11.6 Å². The van der Waals surface area contributed by atoms with E-state index in [2.05, 4.69) is 25.4 Å². The van der Waals surface area contributed by atoms with Crippen LogP contribution < -0.4 is 16.8 Å². The summed E-state index contributed by atoms with van der Waals surface area (Å²) >= 11 is 0. The molecule has 1 aromatic carbocycles. The number of ether oxygens (including phenoxy) is 10. The van der Waals surface area contributed by atoms with Crippen molar-refractivity contribution in [1.29, 1.82) is 0 Å². The van der Waals surface area contributed by atoms with Crippen LogP contribution in [0.15, 0.2) is 48.6 Å². The molecule has 11 rings (SSSR count). The standard InChI is InChI=1S/C61H85N3O17/c1-30-19-39-12-14-46-31(2)20-41(74-46)17-18-61-28-51-56(80-61)57-58(79-51)59(81-61)55-47(78-57)15-13-40(76-55)23-38(66)24-42-49(27-48(75-39)33(30)4)77-50(54(42)72-6)25-37(65)11-16-53(70)73-29-36-9-7-35(8-10-36)22-45(68)43(26-52(63)69)64-60(71)32(3)21-44(67)34(5)62/h7-10,30,32,34,37,39-43,46-51,54-59,65H,2,4,11-29,62H2,1,3,5-6H3,(H2,63,69)(H,64,71)/t30-,32-,34+,37-,39?,40-,41+,42?,43+,46+,47+,48-,49+,50-,51?,54-,55+,56+,57+,58-,59+,61+/m1/s1. The minimum absolute atomic E-state index is 0.0112. The molecule has 10 aliphatic heterocycles. The van der Waals surface area contributed by atoms with Crippen LogP contribution in [0.1, 0.15) is 141 Å². The second-order valence-corrected chi connectivity index (χ2v) is 24.9. The highest BCUT2D eigenvalue weighted by Gasteiger charge is 2.69. The molecule has 20 heteroatoms. The van der Waals surface area contributed by atoms with E-state index in [1.807, 2.05) is 0 Å². The minimum Gasteiger partial charge on any atom is -0.461 e. The molecule has 2 amide bonds. The molecule has 20 nitrogen and oxygen atoms in total. The average Bonchev–Trinajstić information content (AvgIpc) is 4.32. The maximum Gasteiger partial charge on any atom is 0.306 e. The normalized spacial score (nSPS) is 38.7. The molecule has 10 aliphatic rings. The van der Waals surface area contributed by atoms with Crippen molar-refractivity contribution < 1.29 is 81.2 Å². The molecule has 22 atom stereocenters. The van der Waals surface area contributed by atoms with E-state index in [-0.39, 0.29) is 136 Å². The zero-order valence-corrected chi connectivity index (χ0v) is 47.4. The van der Waals surface area contributed by atoms with Crippen molar-refractivity contribution in [1.82, 2.24) is 5.32 Å². The fourth-order valence-corrected chi connectivity index (χ4v) is 14.2. The molecule has 446 valence electrons. The van der Waals surface area contributed by atoms with Crippen LogP contribution in [-0.4, -0.2) is 163 Å². The first kappa shape index (κ1) is 59.8. The van der Waals surface area contributed by atoms with Gasteiger partial charge in [0.25, 0.3) is 0 Å². The number of nitrogens with two attached hydrogens (primary N) is 2. The van der Waals surface area contributed by atoms with Crippen LogP contribution >= 0.6 is 0 Å². The SMILES string of the molecule is C=C1C[C@@H]2CC[C@@]34CC5O[C@H]6[C@@H](O3)[C@H]3O[C@H](CC[C@@H]3O[C@H]6[C@H]5O4)CC(=O)CC3[C@H](C[C@H]4OC(CC[C@@H]1O2)C[C@@H](C)C4=C)O[C@H](C[C@H](O)CCC(=O)OCc1ccc(CC(=O)[C@H](CC(N)=O)NC(=O)[C@H](C)CC(=O)[C@H](C)N)cc1)[C@@H]3OC. The molecule has 6 N–H and O–H groups in total. The van der Waals surface area contributed by atoms with Gasteiger partial charge in [0.2, 0.25) is 11.8 Å². The Morgan fingerprint density at radius 1 is 0.778 bits per heavy atom. The van der Waals surface area contributed by atoms with E-state index in [0.717, 1.165) is 43.3 Å². The highest BCUT2D eigenvalue weighted by molar-refractivity contribution is 5.95. The minimum atomic E-state index is -1.19. The summed E-state index contributed by atoms with van der Waals surface area (Å²) in [5.74, 6) is -4.42. The second kappa shape index (κ2) is 25.5. The number of amides is 2. The van der Waals surface area contributed by atoms with Crippen LogP contribution in [0.25, 0.3) is 0 Å². The third-order valence-corrected chi connectivity index (χ3v) is 18.8. The summed E-state index contributed by atoms with van der Waals surface area (Å²) in [7, 11) is 1.60. The molecule has 12 bridgehead atoms. The van der Waals surface area contributed by atoms with Crippen LogP contribution in [0.4, 0.5) is 0 Å². The van der Waals surface area contributed by atoms with Crippen LogP contribution in [0, 0.1) is 17.8 Å². The van der Waals surface area contributed by atoms with Gasteiger partial charge in [-0.1, -0.05) is 51.3 Å². The molecule has 1 spiro atoms. The maximum absolute atomic E-state index is 14.5. The van der Waals surface area contributed by atoms with Gasteiger partial charge in [0.05, 0.1) is 85.6 Å². The highest BCUT2D eigenvalue weighted by atomic mass is 16.8. The molecule has 10 heterocycles. The first-order valence-corrected chi connectivity index (χ1v) is 29.7. The number of carbonyl (C=O) groups is 6. The Bertz CT molecular complexity index is 2510. The van der Waals surface area contributed by atoms with Gasteiger partial charge >= 0.3 is 5.97 Å². The van der Waals surface area contributed by atoms with Crippen molar-refractivity contribution in [3.63, 3.8) is 0 Å². The molecular formula is C61H85N3O17. The lowest BCUT2D eigenvalue weighted by Crippen LogP contribution is -2.61. The number of aliphatic hydroxyl groups is 1. The Morgan fingerprint density at radius 3 is 2.23 bits per heavy atom. The van der Waals surface area contributed by atoms with Gasteiger partial charge in [-0.25, -0.2) is 0 Å². The largest absolute Gasteiger partial charge is 0.461 e. The molecule has 0 radical (unpaired) electrons. The third-order valence-electron chi connectivity index (χ3n) is 18.8. The van der Waals surface area contributed by atoms with E-state index < -0.39 is 90.4 Å². The lowest BCUT2D eigenvalue weighted by Gasteiger charge is -2.47. The predicted octanol–water partition coefficient (Wildman–Crippen LogP) is 4.42. The number of aliphatic hydroxyl groups excluding tert-OH is 1. The second-order valence-electron chi connectivity index (χ2n) is 24.9. The van der Waals surface area contributed by atoms with Gasteiger partial charge in [-0.3, -0.25) is 28.8 Å². The summed E-state index contributed by atoms with van der Waals surface area (Å²) in [6.45, 7) is 14.1. The first-order valence-electron chi connectivity index (χ1n) is 29.7. The number of rotatable bonds is 18. The zero-order chi connectivity index (χ0) is 57.4. The Morgan fingerprint density at radius 2 is 1.48 bits per heavy atom. The topological polar surface area (TPSA) is 279 Å². The number of hydrogen-bond donors (Lipinski definition) is 4. The Balaban J connectivity index is 0.760. The smallest absolute Gasteiger partial charge is 0.306 e. The van der Waals surface area contributed by atoms with Crippen LogP contribution in [0.5, 0.6) is 0 Å². The van der Waals surface area contributed by atoms with Crippen molar-refractivity contribution in [2.24, 2.45) is 29.2 Å². The van der Waals surface area contributed by atoms with Gasteiger partial charge < -0.3 is 69.3 Å². The molecule has 0 aliphatic carbocycles. The number of nitrogens with one attached hydrogen (secondary N) is 1. The maximum atomic E-state index is 14.5. The predicted molar refractivity (Wildman–Crippen MR) is 290 cm³/mol. The summed E-state index contributed by atoms with van der Waals surface area (Å²) in [6, 6.07) is 4.84. The molecule has 1 aromatic rings. The molecule has 3 unspecified atom stereocenters. The third kappa shape index (κ3) is 13.8. The Kier molecular flexibility index (Phi) is 18.8. The molecular weight excluding hydrogens is 1050 g/mol. The number of Topliss-reactive ketones (excluding diaryl/α,β-unsaturated/α-hetero) is 3. The van der Waals surface area contributed by atoms with Gasteiger partial charge in [0, 0.05) is 76.7 Å². The number of fused-ring (bicyclic) bond motifs is 6. The summed E-state index contributed by atoms with van der Waals surface area (Å²) in [5, 5.41) is 14.1. The number of methoxy groups -OCH3 is 1. The number of carbonyl (C=O) groups excluding carboxylic acids is 6. The summed E-state index contributed by atoms with van der Waals surface area (Å²) in [6.07, 6.45) is 1.44. The van der Waals surface area contributed by atoms with Gasteiger partial charge in [-0.2, -0.15) is 0 Å². The first-order chi connectivity index (χ1) is 38.7. The number of hydrogen-bond acceptors (Lipinski definition) is 18. The van der Waals surface area contributed by atoms with Crippen molar-refractivity contribution in [2.75, 3.05) is 7.11 Å². The molecule has 0 saturated carbocycles. The van der Waals surface area contributed by atoms with E-state index >= 15 is 0 Å². The number of primary amides is 1.